The van der Waals surface area contributed by atoms with Gasteiger partial charge in [0.2, 0.25) is 5.91 Å². The average Bonchev–Trinajstić information content (AvgIpc) is 3.43. The normalized spacial score (nSPS) is 13.0. The van der Waals surface area contributed by atoms with Gasteiger partial charge in [0, 0.05) is 23.4 Å². The number of thiazole rings is 1. The van der Waals surface area contributed by atoms with Crippen LogP contribution in [0.2, 0.25) is 0 Å². The second-order valence-electron chi connectivity index (χ2n) is 8.10. The summed E-state index contributed by atoms with van der Waals surface area (Å²) in [6.45, 7) is 3.23. The van der Waals surface area contributed by atoms with Gasteiger partial charge in [-0.1, -0.05) is 42.5 Å². The highest BCUT2D eigenvalue weighted by Crippen LogP contribution is 2.45. The van der Waals surface area contributed by atoms with Crippen molar-refractivity contribution in [2.75, 3.05) is 18.5 Å². The number of ether oxygens (including phenoxy) is 1. The third-order valence-electron chi connectivity index (χ3n) is 5.83. The van der Waals surface area contributed by atoms with E-state index in [1.807, 2.05) is 55.5 Å². The van der Waals surface area contributed by atoms with Crippen molar-refractivity contribution in [3.63, 3.8) is 0 Å². The monoisotopic (exact) mass is 491 g/mol. The first-order chi connectivity index (χ1) is 16.6. The molecule has 2 aromatic carbocycles. The molecule has 0 bridgehead atoms. The third kappa shape index (κ3) is 4.69. The van der Waals surface area contributed by atoms with Crippen LogP contribution in [0, 0.1) is 0 Å². The van der Waals surface area contributed by atoms with Crippen molar-refractivity contribution in [1.29, 1.82) is 0 Å². The Kier molecular flexibility index (Phi) is 6.60. The summed E-state index contributed by atoms with van der Waals surface area (Å²) in [7, 11) is 0. The molecule has 1 aliphatic heterocycles. The molecule has 5 rings (SSSR count). The molecule has 0 radical (unpaired) electrons. The number of hydrogen-bond donors (Lipinski definition) is 1. The molecule has 34 heavy (non-hydrogen) atoms. The molecule has 6 nitrogen and oxygen atoms in total. The Labute approximate surface area is 206 Å². The van der Waals surface area contributed by atoms with Gasteiger partial charge in [-0.05, 0) is 43.0 Å². The number of nitrogens with one attached hydrogen (secondary N) is 1. The number of carbonyl (C=O) groups excluding carboxylic acids is 2. The number of anilines is 1. The van der Waals surface area contributed by atoms with Gasteiger partial charge in [0.15, 0.2) is 0 Å². The predicted molar refractivity (Wildman–Crippen MR) is 137 cm³/mol. The number of aryl methyl sites for hydroxylation is 1. The van der Waals surface area contributed by atoms with Gasteiger partial charge in [-0.15, -0.1) is 22.7 Å². The minimum Gasteiger partial charge on any atom is -0.450 e. The minimum atomic E-state index is -0.295. The number of rotatable bonds is 6. The smallest absolute Gasteiger partial charge is 0.410 e. The van der Waals surface area contributed by atoms with Gasteiger partial charge in [-0.25, -0.2) is 9.78 Å². The number of nitrogens with zero attached hydrogens (tertiary/aromatic N) is 2. The van der Waals surface area contributed by atoms with Gasteiger partial charge >= 0.3 is 6.09 Å². The van der Waals surface area contributed by atoms with E-state index in [0.29, 0.717) is 39.0 Å². The Morgan fingerprint density at radius 1 is 1.09 bits per heavy atom. The maximum Gasteiger partial charge on any atom is 0.410 e. The maximum atomic E-state index is 12.9. The highest BCUT2D eigenvalue weighted by Gasteiger charge is 2.30. The molecule has 8 heteroatoms. The van der Waals surface area contributed by atoms with Crippen molar-refractivity contribution in [2.24, 2.45) is 0 Å². The van der Waals surface area contributed by atoms with Crippen molar-refractivity contribution in [3.05, 3.63) is 70.6 Å². The van der Waals surface area contributed by atoms with Gasteiger partial charge in [-0.2, -0.15) is 0 Å². The lowest BCUT2D eigenvalue weighted by molar-refractivity contribution is -0.116. The molecule has 1 N–H and O–H groups in total. The van der Waals surface area contributed by atoms with Crippen molar-refractivity contribution in [2.45, 2.75) is 32.7 Å². The number of aromatic nitrogens is 1. The fourth-order valence-corrected chi connectivity index (χ4v) is 6.55. The van der Waals surface area contributed by atoms with Crippen molar-refractivity contribution < 1.29 is 14.3 Å². The van der Waals surface area contributed by atoms with E-state index in [1.165, 1.54) is 5.56 Å². The molecule has 3 heterocycles. The standard InChI is InChI=1S/C26H25N3O3S2/c1-2-32-26(31)29-15-14-18-21(16-29)34-25(28-22(30)13-12-17-8-4-3-5-9-17)23(18)24-27-19-10-6-7-11-20(19)33-24/h3-11H,2,12-16H2,1H3,(H,28,30). The van der Waals surface area contributed by atoms with Crippen LogP contribution in [-0.4, -0.2) is 35.0 Å². The van der Waals surface area contributed by atoms with Gasteiger partial charge in [0.1, 0.15) is 10.0 Å². The summed E-state index contributed by atoms with van der Waals surface area (Å²) in [6.07, 6.45) is 1.50. The summed E-state index contributed by atoms with van der Waals surface area (Å²) in [5, 5.41) is 4.88. The number of thiophene rings is 1. The Bertz CT molecular complexity index is 1300. The fraction of sp³-hybridized carbons (Fsp3) is 0.269. The van der Waals surface area contributed by atoms with Crippen molar-refractivity contribution in [1.82, 2.24) is 9.88 Å². The minimum absolute atomic E-state index is 0.0212. The lowest BCUT2D eigenvalue weighted by atomic mass is 10.0. The molecular formula is C26H25N3O3S2. The summed E-state index contributed by atoms with van der Waals surface area (Å²) in [5.74, 6) is -0.0212. The first-order valence-corrected chi connectivity index (χ1v) is 13.0. The molecular weight excluding hydrogens is 466 g/mol. The zero-order valence-electron chi connectivity index (χ0n) is 18.9. The fourth-order valence-electron chi connectivity index (χ4n) is 4.16. The second-order valence-corrected chi connectivity index (χ2v) is 10.2. The number of hydrogen-bond acceptors (Lipinski definition) is 6. The summed E-state index contributed by atoms with van der Waals surface area (Å²) in [5.41, 5.74) is 4.26. The third-order valence-corrected chi connectivity index (χ3v) is 8.01. The summed E-state index contributed by atoms with van der Waals surface area (Å²) < 4.78 is 6.32. The Hall–Kier alpha value is -3.23. The van der Waals surface area contributed by atoms with Crippen LogP contribution >= 0.6 is 22.7 Å². The van der Waals surface area contributed by atoms with E-state index >= 15 is 0 Å². The lowest BCUT2D eigenvalue weighted by Gasteiger charge is -2.26. The first kappa shape index (κ1) is 22.6. The molecule has 0 spiro atoms. The number of benzene rings is 2. The van der Waals surface area contributed by atoms with Gasteiger partial charge in [-0.3, -0.25) is 4.79 Å². The topological polar surface area (TPSA) is 71.5 Å². The van der Waals surface area contributed by atoms with Crippen LogP contribution < -0.4 is 5.32 Å². The molecule has 0 saturated heterocycles. The molecule has 1 aliphatic rings. The van der Waals surface area contributed by atoms with E-state index in [2.05, 4.69) is 11.4 Å². The van der Waals surface area contributed by atoms with Crippen LogP contribution in [0.5, 0.6) is 0 Å². The van der Waals surface area contributed by atoms with Crippen LogP contribution in [-0.2, 0) is 28.9 Å². The number of para-hydroxylation sites is 1. The average molecular weight is 492 g/mol. The van der Waals surface area contributed by atoms with Crippen molar-refractivity contribution in [3.8, 4) is 10.6 Å². The highest BCUT2D eigenvalue weighted by atomic mass is 32.1. The Morgan fingerprint density at radius 3 is 2.68 bits per heavy atom. The molecule has 174 valence electrons. The van der Waals surface area contributed by atoms with E-state index in [1.54, 1.807) is 27.6 Å². The zero-order valence-corrected chi connectivity index (χ0v) is 20.5. The number of carbonyl (C=O) groups is 2. The molecule has 0 aliphatic carbocycles. The van der Waals surface area contributed by atoms with E-state index in [-0.39, 0.29) is 12.0 Å². The van der Waals surface area contributed by atoms with Gasteiger partial charge < -0.3 is 15.0 Å². The second kappa shape index (κ2) is 9.95. The molecule has 0 atom stereocenters. The predicted octanol–water partition coefficient (Wildman–Crippen LogP) is 6.11. The molecule has 0 fully saturated rings. The molecule has 0 saturated carbocycles. The van der Waals surface area contributed by atoms with Crippen LogP contribution in [0.4, 0.5) is 9.80 Å². The Balaban J connectivity index is 1.45. The lowest BCUT2D eigenvalue weighted by Crippen LogP contribution is -2.35. The highest BCUT2D eigenvalue weighted by molar-refractivity contribution is 7.22. The van der Waals surface area contributed by atoms with Crippen LogP contribution in [0.15, 0.2) is 54.6 Å². The van der Waals surface area contributed by atoms with Gasteiger partial charge in [0.05, 0.1) is 23.4 Å². The SMILES string of the molecule is CCOC(=O)N1CCc2c(sc(NC(=O)CCc3ccccc3)c2-c2nc3ccccc3s2)C1. The maximum absolute atomic E-state index is 12.9. The summed E-state index contributed by atoms with van der Waals surface area (Å²) in [6, 6.07) is 18.1. The summed E-state index contributed by atoms with van der Waals surface area (Å²) >= 11 is 3.17. The van der Waals surface area contributed by atoms with Gasteiger partial charge in [0.25, 0.3) is 0 Å². The zero-order chi connectivity index (χ0) is 23.5. The van der Waals surface area contributed by atoms with Crippen LogP contribution in [0.25, 0.3) is 20.8 Å². The molecule has 2 aromatic heterocycles. The van der Waals surface area contributed by atoms with E-state index in [0.717, 1.165) is 36.2 Å². The molecule has 4 aromatic rings. The van der Waals surface area contributed by atoms with E-state index < -0.39 is 0 Å². The summed E-state index contributed by atoms with van der Waals surface area (Å²) in [4.78, 5) is 32.9. The largest absolute Gasteiger partial charge is 0.450 e. The van der Waals surface area contributed by atoms with Crippen molar-refractivity contribution >= 4 is 49.9 Å². The molecule has 0 unspecified atom stereocenters. The van der Waals surface area contributed by atoms with Crippen LogP contribution in [0.1, 0.15) is 29.3 Å². The van der Waals surface area contributed by atoms with E-state index in [9.17, 15) is 9.59 Å². The first-order valence-electron chi connectivity index (χ1n) is 11.4. The van der Waals surface area contributed by atoms with E-state index in [4.69, 9.17) is 9.72 Å². The Morgan fingerprint density at radius 2 is 1.88 bits per heavy atom. The number of fused-ring (bicyclic) bond motifs is 2. The van der Waals surface area contributed by atoms with Crippen LogP contribution in [0.3, 0.4) is 0 Å². The number of amides is 2. The molecule has 2 amide bonds. The quantitative estimate of drug-likeness (QED) is 0.353.